The number of ether oxygens (including phenoxy) is 1. The first-order valence-corrected chi connectivity index (χ1v) is 9.31. The zero-order valence-electron chi connectivity index (χ0n) is 15.4. The van der Waals surface area contributed by atoms with Crippen molar-refractivity contribution in [2.24, 2.45) is 0 Å². The molecule has 0 rings (SSSR count). The van der Waals surface area contributed by atoms with Crippen molar-refractivity contribution in [2.75, 3.05) is 0 Å². The van der Waals surface area contributed by atoms with Crippen LogP contribution in [0, 0.1) is 0 Å². The highest BCUT2D eigenvalue weighted by molar-refractivity contribution is 5.69. The van der Waals surface area contributed by atoms with Crippen LogP contribution in [0.25, 0.3) is 0 Å². The standard InChI is InChI=1S/C21H36O2/c1-4-5-6-7-8-9-10-11-12-13-14-15-16-17-18-19-21(22)23-20(2)3/h5-6,8-9,11-12,20H,4,7,10,13-19H2,1-3H3/b6-5-,9-8-,12-11-. The van der Waals surface area contributed by atoms with Gasteiger partial charge in [0, 0.05) is 6.42 Å². The molecule has 0 amide bonds. The molecular formula is C21H36O2. The third-order valence-electron chi connectivity index (χ3n) is 3.40. The number of hydrogen-bond donors (Lipinski definition) is 0. The maximum absolute atomic E-state index is 11.3. The van der Waals surface area contributed by atoms with Gasteiger partial charge in [0.1, 0.15) is 0 Å². The van der Waals surface area contributed by atoms with Crippen molar-refractivity contribution in [2.45, 2.75) is 91.1 Å². The van der Waals surface area contributed by atoms with Crippen LogP contribution < -0.4 is 0 Å². The van der Waals surface area contributed by atoms with Gasteiger partial charge in [-0.2, -0.15) is 0 Å². The van der Waals surface area contributed by atoms with Gasteiger partial charge in [-0.15, -0.1) is 0 Å². The molecule has 132 valence electrons. The van der Waals surface area contributed by atoms with E-state index in [2.05, 4.69) is 43.4 Å². The fourth-order valence-corrected chi connectivity index (χ4v) is 2.21. The molecule has 0 aromatic heterocycles. The topological polar surface area (TPSA) is 26.3 Å². The second kappa shape index (κ2) is 17.1. The maximum atomic E-state index is 11.3. The lowest BCUT2D eigenvalue weighted by Crippen LogP contribution is -2.10. The summed E-state index contributed by atoms with van der Waals surface area (Å²) in [6.07, 6.45) is 24.2. The Hall–Kier alpha value is -1.31. The number of carbonyl (C=O) groups excluding carboxylic acids is 1. The third kappa shape index (κ3) is 18.6. The first-order chi connectivity index (χ1) is 11.2. The van der Waals surface area contributed by atoms with Crippen LogP contribution in [0.4, 0.5) is 0 Å². The smallest absolute Gasteiger partial charge is 0.306 e. The minimum Gasteiger partial charge on any atom is -0.463 e. The average Bonchev–Trinajstić information content (AvgIpc) is 2.50. The summed E-state index contributed by atoms with van der Waals surface area (Å²) >= 11 is 0. The number of carbonyl (C=O) groups is 1. The molecule has 0 unspecified atom stereocenters. The second-order valence-electron chi connectivity index (χ2n) is 6.14. The van der Waals surface area contributed by atoms with E-state index in [9.17, 15) is 4.79 Å². The molecule has 0 saturated heterocycles. The summed E-state index contributed by atoms with van der Waals surface area (Å²) < 4.78 is 5.11. The number of esters is 1. The molecule has 0 N–H and O–H groups in total. The third-order valence-corrected chi connectivity index (χ3v) is 3.40. The molecule has 0 saturated carbocycles. The summed E-state index contributed by atoms with van der Waals surface area (Å²) in [6.45, 7) is 5.94. The van der Waals surface area contributed by atoms with Gasteiger partial charge in [-0.25, -0.2) is 0 Å². The maximum Gasteiger partial charge on any atom is 0.306 e. The number of unbranched alkanes of at least 4 members (excludes halogenated alkanes) is 5. The number of allylic oxidation sites excluding steroid dienone is 6. The van der Waals surface area contributed by atoms with Crippen molar-refractivity contribution in [1.29, 1.82) is 0 Å². The molecule has 0 heterocycles. The molecule has 0 atom stereocenters. The van der Waals surface area contributed by atoms with Gasteiger partial charge < -0.3 is 4.74 Å². The summed E-state index contributed by atoms with van der Waals surface area (Å²) in [4.78, 5) is 11.3. The minimum atomic E-state index is -0.0545. The van der Waals surface area contributed by atoms with Gasteiger partial charge in [-0.05, 0) is 52.4 Å². The van der Waals surface area contributed by atoms with Crippen molar-refractivity contribution < 1.29 is 9.53 Å². The number of hydrogen-bond acceptors (Lipinski definition) is 2. The van der Waals surface area contributed by atoms with Crippen molar-refractivity contribution in [3.05, 3.63) is 36.5 Å². The average molecular weight is 321 g/mol. The highest BCUT2D eigenvalue weighted by Crippen LogP contribution is 2.09. The molecule has 0 aliphatic rings. The SMILES string of the molecule is CC/C=C\C/C=C\C/C=C\CCCCCCCC(=O)OC(C)C. The Kier molecular flexibility index (Phi) is 16.1. The van der Waals surface area contributed by atoms with Gasteiger partial charge in [0.25, 0.3) is 0 Å². The first kappa shape index (κ1) is 21.7. The lowest BCUT2D eigenvalue weighted by Gasteiger charge is -2.07. The molecule has 0 aliphatic heterocycles. The van der Waals surface area contributed by atoms with Gasteiger partial charge in [-0.1, -0.05) is 62.6 Å². The van der Waals surface area contributed by atoms with Crippen molar-refractivity contribution in [1.82, 2.24) is 0 Å². The molecule has 2 nitrogen and oxygen atoms in total. The minimum absolute atomic E-state index is 0.0111. The van der Waals surface area contributed by atoms with Crippen LogP contribution in [-0.2, 0) is 9.53 Å². The molecule has 23 heavy (non-hydrogen) atoms. The quantitative estimate of drug-likeness (QED) is 0.207. The van der Waals surface area contributed by atoms with E-state index in [1.807, 2.05) is 13.8 Å². The van der Waals surface area contributed by atoms with E-state index < -0.39 is 0 Å². The molecule has 0 spiro atoms. The van der Waals surface area contributed by atoms with E-state index in [-0.39, 0.29) is 12.1 Å². The summed E-state index contributed by atoms with van der Waals surface area (Å²) in [6, 6.07) is 0. The molecular weight excluding hydrogens is 284 g/mol. The normalized spacial score (nSPS) is 12.2. The highest BCUT2D eigenvalue weighted by atomic mass is 16.5. The van der Waals surface area contributed by atoms with Crippen LogP contribution in [0.1, 0.15) is 85.0 Å². The molecule has 0 aliphatic carbocycles. The fourth-order valence-electron chi connectivity index (χ4n) is 2.21. The second-order valence-corrected chi connectivity index (χ2v) is 6.14. The van der Waals surface area contributed by atoms with Gasteiger partial charge in [0.15, 0.2) is 0 Å². The van der Waals surface area contributed by atoms with Crippen molar-refractivity contribution in [3.63, 3.8) is 0 Å². The predicted octanol–water partition coefficient (Wildman–Crippen LogP) is 6.53. The van der Waals surface area contributed by atoms with Crippen molar-refractivity contribution >= 4 is 5.97 Å². The Morgan fingerprint density at radius 1 is 0.826 bits per heavy atom. The van der Waals surface area contributed by atoms with Crippen LogP contribution in [0.5, 0.6) is 0 Å². The van der Waals surface area contributed by atoms with Crippen LogP contribution in [0.15, 0.2) is 36.5 Å². The van der Waals surface area contributed by atoms with E-state index in [1.165, 1.54) is 25.7 Å². The van der Waals surface area contributed by atoms with E-state index in [0.29, 0.717) is 6.42 Å². The molecule has 0 radical (unpaired) electrons. The fraction of sp³-hybridized carbons (Fsp3) is 0.667. The van der Waals surface area contributed by atoms with E-state index in [4.69, 9.17) is 4.74 Å². The molecule has 2 heteroatoms. The zero-order valence-corrected chi connectivity index (χ0v) is 15.4. The summed E-state index contributed by atoms with van der Waals surface area (Å²) in [5.41, 5.74) is 0. The van der Waals surface area contributed by atoms with E-state index in [1.54, 1.807) is 0 Å². The summed E-state index contributed by atoms with van der Waals surface area (Å²) in [5, 5.41) is 0. The van der Waals surface area contributed by atoms with Gasteiger partial charge in [-0.3, -0.25) is 4.79 Å². The summed E-state index contributed by atoms with van der Waals surface area (Å²) in [5.74, 6) is -0.0545. The Labute approximate surface area is 143 Å². The van der Waals surface area contributed by atoms with Gasteiger partial charge in [0.2, 0.25) is 0 Å². The van der Waals surface area contributed by atoms with E-state index >= 15 is 0 Å². The lowest BCUT2D eigenvalue weighted by molar-refractivity contribution is -0.147. The monoisotopic (exact) mass is 320 g/mol. The first-order valence-electron chi connectivity index (χ1n) is 9.31. The summed E-state index contributed by atoms with van der Waals surface area (Å²) in [7, 11) is 0. The molecule has 0 bridgehead atoms. The predicted molar refractivity (Wildman–Crippen MR) is 100 cm³/mol. The Bertz CT molecular complexity index is 351. The van der Waals surface area contributed by atoms with Gasteiger partial charge >= 0.3 is 5.97 Å². The highest BCUT2D eigenvalue weighted by Gasteiger charge is 2.04. The van der Waals surface area contributed by atoms with Gasteiger partial charge in [0.05, 0.1) is 6.10 Å². The van der Waals surface area contributed by atoms with Crippen LogP contribution in [-0.4, -0.2) is 12.1 Å². The zero-order chi connectivity index (χ0) is 17.2. The van der Waals surface area contributed by atoms with Crippen LogP contribution >= 0.6 is 0 Å². The van der Waals surface area contributed by atoms with Crippen molar-refractivity contribution in [3.8, 4) is 0 Å². The molecule has 0 fully saturated rings. The molecule has 0 aromatic carbocycles. The van der Waals surface area contributed by atoms with Crippen LogP contribution in [0.3, 0.4) is 0 Å². The van der Waals surface area contributed by atoms with E-state index in [0.717, 1.165) is 32.1 Å². The van der Waals surface area contributed by atoms with Crippen LogP contribution in [0.2, 0.25) is 0 Å². The Morgan fingerprint density at radius 3 is 2.04 bits per heavy atom. The Morgan fingerprint density at radius 2 is 1.39 bits per heavy atom. The number of rotatable bonds is 14. The Balaban J connectivity index is 3.31. The molecule has 0 aromatic rings. The lowest BCUT2D eigenvalue weighted by atomic mass is 10.1. The largest absolute Gasteiger partial charge is 0.463 e.